The highest BCUT2D eigenvalue weighted by Crippen LogP contribution is 2.25. The van der Waals surface area contributed by atoms with Crippen LogP contribution in [-0.4, -0.2) is 45.1 Å². The van der Waals surface area contributed by atoms with Gasteiger partial charge in [0.05, 0.1) is 22.6 Å². The van der Waals surface area contributed by atoms with E-state index in [4.69, 9.17) is 9.63 Å². The van der Waals surface area contributed by atoms with Gasteiger partial charge in [0.2, 0.25) is 0 Å². The summed E-state index contributed by atoms with van der Waals surface area (Å²) in [7, 11) is 0. The van der Waals surface area contributed by atoms with Crippen LogP contribution >= 0.6 is 0 Å². The van der Waals surface area contributed by atoms with Gasteiger partial charge in [-0.25, -0.2) is 4.98 Å². The number of nitrogens with zero attached hydrogens (tertiary/aromatic N) is 3. The molecule has 2 aromatic rings. The molecule has 2 atom stereocenters. The molecule has 7 nitrogen and oxygen atoms in total. The summed E-state index contributed by atoms with van der Waals surface area (Å²) in [4.78, 5) is 29.2. The Labute approximate surface area is 120 Å². The van der Waals surface area contributed by atoms with E-state index in [0.29, 0.717) is 28.9 Å². The second-order valence-corrected chi connectivity index (χ2v) is 5.48. The van der Waals surface area contributed by atoms with Gasteiger partial charge in [0.25, 0.3) is 11.6 Å². The first-order chi connectivity index (χ1) is 9.97. The smallest absolute Gasteiger partial charge is 0.308 e. The molecular formula is C14H15N3O4. The molecule has 2 aromatic heterocycles. The fourth-order valence-electron chi connectivity index (χ4n) is 2.70. The zero-order chi connectivity index (χ0) is 15.1. The number of fused-ring (bicyclic) bond motifs is 1. The minimum Gasteiger partial charge on any atom is -0.481 e. The Hall–Kier alpha value is -2.44. The molecule has 0 radical (unpaired) electrons. The van der Waals surface area contributed by atoms with Crippen LogP contribution in [0.4, 0.5) is 0 Å². The number of aromatic nitrogens is 2. The number of aliphatic carboxylic acids is 1. The summed E-state index contributed by atoms with van der Waals surface area (Å²) < 4.78 is 5.01. The van der Waals surface area contributed by atoms with Crippen LogP contribution in [0.25, 0.3) is 11.1 Å². The number of rotatable bonds is 2. The maximum Gasteiger partial charge on any atom is 0.308 e. The molecular weight excluding hydrogens is 274 g/mol. The van der Waals surface area contributed by atoms with Gasteiger partial charge >= 0.3 is 5.97 Å². The van der Waals surface area contributed by atoms with Crippen molar-refractivity contribution in [2.75, 3.05) is 13.1 Å². The van der Waals surface area contributed by atoms with Crippen LogP contribution in [0.5, 0.6) is 0 Å². The summed E-state index contributed by atoms with van der Waals surface area (Å²) >= 11 is 0. The Balaban J connectivity index is 1.87. The van der Waals surface area contributed by atoms with E-state index >= 15 is 0 Å². The number of likely N-dealkylation sites (tertiary alicyclic amines) is 1. The highest BCUT2D eigenvalue weighted by Gasteiger charge is 2.37. The highest BCUT2D eigenvalue weighted by molar-refractivity contribution is 5.97. The molecule has 7 heteroatoms. The van der Waals surface area contributed by atoms with Gasteiger partial charge in [-0.05, 0) is 18.9 Å². The van der Waals surface area contributed by atoms with Crippen LogP contribution in [0.3, 0.4) is 0 Å². The summed E-state index contributed by atoms with van der Waals surface area (Å²) in [6.07, 6.45) is 1.44. The Morgan fingerprint density at radius 3 is 2.86 bits per heavy atom. The molecule has 1 fully saturated rings. The van der Waals surface area contributed by atoms with E-state index in [1.807, 2.05) is 6.92 Å². The lowest BCUT2D eigenvalue weighted by Crippen LogP contribution is -2.30. The second kappa shape index (κ2) is 4.83. The Kier molecular flexibility index (Phi) is 3.12. The van der Waals surface area contributed by atoms with Crippen molar-refractivity contribution >= 4 is 23.0 Å². The summed E-state index contributed by atoms with van der Waals surface area (Å²) in [5.41, 5.74) is 1.49. The number of pyridine rings is 1. The third-order valence-electron chi connectivity index (χ3n) is 3.97. The minimum atomic E-state index is -0.860. The Bertz CT molecular complexity index is 724. The Morgan fingerprint density at radius 1 is 1.43 bits per heavy atom. The predicted octanol–water partition coefficient (Wildman–Crippen LogP) is 1.32. The highest BCUT2D eigenvalue weighted by atomic mass is 16.5. The lowest BCUT2D eigenvalue weighted by Gasteiger charge is -2.15. The van der Waals surface area contributed by atoms with Crippen LogP contribution in [0, 0.1) is 18.8 Å². The molecule has 2 unspecified atom stereocenters. The SMILES string of the molecule is Cc1noc2ncc(C(=O)N3CC(C)C(C(=O)O)C3)cc12. The molecule has 0 saturated carbocycles. The molecule has 1 aliphatic rings. The molecule has 0 spiro atoms. The van der Waals surface area contributed by atoms with Gasteiger partial charge in [-0.15, -0.1) is 0 Å². The van der Waals surface area contributed by atoms with Gasteiger partial charge in [0, 0.05) is 19.3 Å². The van der Waals surface area contributed by atoms with E-state index < -0.39 is 11.9 Å². The number of carboxylic acid groups (broad SMARTS) is 1. The maximum atomic E-state index is 12.5. The van der Waals surface area contributed by atoms with E-state index in [1.54, 1.807) is 17.9 Å². The van der Waals surface area contributed by atoms with Crippen molar-refractivity contribution in [1.82, 2.24) is 15.0 Å². The van der Waals surface area contributed by atoms with Crippen LogP contribution < -0.4 is 0 Å². The molecule has 110 valence electrons. The maximum absolute atomic E-state index is 12.5. The minimum absolute atomic E-state index is 0.0551. The van der Waals surface area contributed by atoms with E-state index in [9.17, 15) is 9.59 Å². The lowest BCUT2D eigenvalue weighted by molar-refractivity contribution is -0.142. The van der Waals surface area contributed by atoms with Crippen LogP contribution in [-0.2, 0) is 4.79 Å². The van der Waals surface area contributed by atoms with E-state index in [2.05, 4.69) is 10.1 Å². The van der Waals surface area contributed by atoms with Crippen molar-refractivity contribution in [3.63, 3.8) is 0 Å². The lowest BCUT2D eigenvalue weighted by atomic mass is 9.99. The molecule has 1 saturated heterocycles. The van der Waals surface area contributed by atoms with Crippen molar-refractivity contribution < 1.29 is 19.2 Å². The molecule has 3 rings (SSSR count). The molecule has 1 N–H and O–H groups in total. The fourth-order valence-corrected chi connectivity index (χ4v) is 2.70. The zero-order valence-electron chi connectivity index (χ0n) is 11.7. The van der Waals surface area contributed by atoms with E-state index in [0.717, 1.165) is 0 Å². The van der Waals surface area contributed by atoms with Crippen molar-refractivity contribution in [1.29, 1.82) is 0 Å². The zero-order valence-corrected chi connectivity index (χ0v) is 11.7. The fraction of sp³-hybridized carbons (Fsp3) is 0.429. The second-order valence-electron chi connectivity index (χ2n) is 5.48. The van der Waals surface area contributed by atoms with Crippen molar-refractivity contribution in [3.05, 3.63) is 23.5 Å². The largest absolute Gasteiger partial charge is 0.481 e. The third-order valence-corrected chi connectivity index (χ3v) is 3.97. The van der Waals surface area contributed by atoms with Crippen molar-refractivity contribution in [3.8, 4) is 0 Å². The van der Waals surface area contributed by atoms with Gasteiger partial charge in [0.1, 0.15) is 0 Å². The molecule has 1 amide bonds. The van der Waals surface area contributed by atoms with E-state index in [-0.39, 0.29) is 18.4 Å². The van der Waals surface area contributed by atoms with Gasteiger partial charge in [-0.1, -0.05) is 12.1 Å². The van der Waals surface area contributed by atoms with Crippen molar-refractivity contribution in [2.45, 2.75) is 13.8 Å². The van der Waals surface area contributed by atoms with Gasteiger partial charge in [0.15, 0.2) is 0 Å². The van der Waals surface area contributed by atoms with Crippen LogP contribution in [0.1, 0.15) is 23.0 Å². The topological polar surface area (TPSA) is 96.5 Å². The Morgan fingerprint density at radius 2 is 2.19 bits per heavy atom. The van der Waals surface area contributed by atoms with Crippen molar-refractivity contribution in [2.24, 2.45) is 11.8 Å². The number of carboxylic acids is 1. The first-order valence-corrected chi connectivity index (χ1v) is 6.71. The number of aryl methyl sites for hydroxylation is 1. The molecule has 21 heavy (non-hydrogen) atoms. The van der Waals surface area contributed by atoms with Gasteiger partial charge in [-0.3, -0.25) is 9.59 Å². The first kappa shape index (κ1) is 13.5. The molecule has 1 aliphatic heterocycles. The van der Waals surface area contributed by atoms with Gasteiger partial charge in [-0.2, -0.15) is 0 Å². The number of carbonyl (C=O) groups is 2. The number of carbonyl (C=O) groups excluding carboxylic acids is 1. The average molecular weight is 289 g/mol. The normalized spacial score (nSPS) is 21.9. The van der Waals surface area contributed by atoms with Crippen LogP contribution in [0.2, 0.25) is 0 Å². The first-order valence-electron chi connectivity index (χ1n) is 6.71. The number of hydrogen-bond acceptors (Lipinski definition) is 5. The summed E-state index contributed by atoms with van der Waals surface area (Å²) in [6.45, 7) is 4.30. The third kappa shape index (κ3) is 2.24. The van der Waals surface area contributed by atoms with Gasteiger partial charge < -0.3 is 14.5 Å². The van der Waals surface area contributed by atoms with E-state index in [1.165, 1.54) is 6.20 Å². The van der Waals surface area contributed by atoms with Crippen LogP contribution in [0.15, 0.2) is 16.8 Å². The quantitative estimate of drug-likeness (QED) is 0.895. The average Bonchev–Trinajstić information content (AvgIpc) is 3.02. The standard InChI is InChI=1S/C14H15N3O4/c1-7-5-17(6-11(7)14(19)20)13(18)9-3-10-8(2)16-21-12(10)15-4-9/h3-4,7,11H,5-6H2,1-2H3,(H,19,20). The molecule has 3 heterocycles. The monoisotopic (exact) mass is 289 g/mol. The summed E-state index contributed by atoms with van der Waals surface area (Å²) in [5.74, 6) is -1.63. The number of hydrogen-bond donors (Lipinski definition) is 1. The predicted molar refractivity (Wildman–Crippen MR) is 72.7 cm³/mol. The molecule has 0 aromatic carbocycles. The summed E-state index contributed by atoms with van der Waals surface area (Å²) in [5, 5.41) is 13.6. The molecule has 0 aliphatic carbocycles. The molecule has 0 bridgehead atoms. The number of amides is 1. The summed E-state index contributed by atoms with van der Waals surface area (Å²) in [6, 6.07) is 1.69.